The normalized spacial score (nSPS) is 10.8. The molecular formula is C15H11F2N3O3S. The molecule has 124 valence electrons. The lowest BCUT2D eigenvalue weighted by Gasteiger charge is -2.04. The van der Waals surface area contributed by atoms with Crippen LogP contribution in [0, 0.1) is 18.6 Å². The quantitative estimate of drug-likeness (QED) is 0.707. The maximum absolute atomic E-state index is 13.1. The van der Waals surface area contributed by atoms with Gasteiger partial charge in [0.15, 0.2) is 0 Å². The van der Waals surface area contributed by atoms with Crippen LogP contribution >= 0.6 is 11.8 Å². The number of carbonyl (C=O) groups is 1. The zero-order valence-electron chi connectivity index (χ0n) is 12.4. The van der Waals surface area contributed by atoms with Gasteiger partial charge < -0.3 is 14.2 Å². The Kier molecular flexibility index (Phi) is 4.61. The standard InChI is InChI=1S/C15H11F2N3O3S/c1-8-12(2-3-22-8)14-19-20-15(23-14)24-7-13(21)18-11-5-9(16)4-10(17)6-11/h2-6H,7H2,1H3,(H,18,21). The molecule has 0 aliphatic rings. The lowest BCUT2D eigenvalue weighted by Crippen LogP contribution is -2.14. The van der Waals surface area contributed by atoms with E-state index in [2.05, 4.69) is 15.5 Å². The fourth-order valence-electron chi connectivity index (χ4n) is 1.93. The van der Waals surface area contributed by atoms with E-state index >= 15 is 0 Å². The molecule has 0 radical (unpaired) electrons. The second kappa shape index (κ2) is 6.83. The number of anilines is 1. The van der Waals surface area contributed by atoms with Crippen LogP contribution in [-0.2, 0) is 4.79 Å². The molecule has 2 aromatic heterocycles. The summed E-state index contributed by atoms with van der Waals surface area (Å²) in [6.07, 6.45) is 1.51. The molecule has 0 bridgehead atoms. The number of rotatable bonds is 5. The van der Waals surface area contributed by atoms with Crippen LogP contribution in [-0.4, -0.2) is 21.9 Å². The van der Waals surface area contributed by atoms with Gasteiger partial charge in [-0.1, -0.05) is 11.8 Å². The Hall–Kier alpha value is -2.68. The van der Waals surface area contributed by atoms with Crippen LogP contribution in [0.1, 0.15) is 5.76 Å². The van der Waals surface area contributed by atoms with E-state index in [1.807, 2.05) is 0 Å². The summed E-state index contributed by atoms with van der Waals surface area (Å²) in [6, 6.07) is 4.47. The molecule has 6 nitrogen and oxygen atoms in total. The van der Waals surface area contributed by atoms with E-state index in [9.17, 15) is 13.6 Å². The Labute approximate surface area is 139 Å². The van der Waals surface area contributed by atoms with Gasteiger partial charge in [-0.25, -0.2) is 8.78 Å². The average molecular weight is 351 g/mol. The van der Waals surface area contributed by atoms with E-state index in [0.29, 0.717) is 11.3 Å². The van der Waals surface area contributed by atoms with Crippen molar-refractivity contribution < 1.29 is 22.4 Å². The number of nitrogens with zero attached hydrogens (tertiary/aromatic N) is 2. The number of aromatic nitrogens is 2. The minimum Gasteiger partial charge on any atom is -0.469 e. The lowest BCUT2D eigenvalue weighted by molar-refractivity contribution is -0.113. The highest BCUT2D eigenvalue weighted by atomic mass is 32.2. The van der Waals surface area contributed by atoms with E-state index in [-0.39, 0.29) is 22.6 Å². The molecule has 0 saturated carbocycles. The third-order valence-corrected chi connectivity index (χ3v) is 3.79. The van der Waals surface area contributed by atoms with Crippen molar-refractivity contribution in [3.05, 3.63) is 47.9 Å². The van der Waals surface area contributed by atoms with Crippen LogP contribution in [0.4, 0.5) is 14.5 Å². The Morgan fingerprint density at radius 1 is 1.25 bits per heavy atom. The van der Waals surface area contributed by atoms with Gasteiger partial charge in [0.05, 0.1) is 17.6 Å². The van der Waals surface area contributed by atoms with Crippen molar-refractivity contribution in [2.24, 2.45) is 0 Å². The zero-order chi connectivity index (χ0) is 17.1. The summed E-state index contributed by atoms with van der Waals surface area (Å²) in [4.78, 5) is 11.8. The average Bonchev–Trinajstić information content (AvgIpc) is 3.12. The number of nitrogens with one attached hydrogen (secondary N) is 1. The molecule has 0 aliphatic heterocycles. The molecule has 1 aromatic carbocycles. The molecule has 24 heavy (non-hydrogen) atoms. The van der Waals surface area contributed by atoms with Gasteiger partial charge in [0.2, 0.25) is 5.91 Å². The number of furan rings is 1. The second-order valence-corrected chi connectivity index (χ2v) is 5.69. The van der Waals surface area contributed by atoms with E-state index in [0.717, 1.165) is 30.0 Å². The van der Waals surface area contributed by atoms with E-state index < -0.39 is 17.5 Å². The van der Waals surface area contributed by atoms with Gasteiger partial charge in [-0.3, -0.25) is 4.79 Å². The predicted octanol–water partition coefficient (Wildman–Crippen LogP) is 3.65. The van der Waals surface area contributed by atoms with Gasteiger partial charge >= 0.3 is 0 Å². The van der Waals surface area contributed by atoms with Crippen LogP contribution < -0.4 is 5.32 Å². The number of benzene rings is 1. The number of hydrogen-bond donors (Lipinski definition) is 1. The van der Waals surface area contributed by atoms with Gasteiger partial charge in [0.25, 0.3) is 11.1 Å². The third-order valence-electron chi connectivity index (χ3n) is 2.97. The van der Waals surface area contributed by atoms with Gasteiger partial charge in [0, 0.05) is 11.8 Å². The Morgan fingerprint density at radius 2 is 2.00 bits per heavy atom. The van der Waals surface area contributed by atoms with E-state index in [4.69, 9.17) is 8.83 Å². The topological polar surface area (TPSA) is 81.2 Å². The maximum atomic E-state index is 13.1. The van der Waals surface area contributed by atoms with Crippen molar-refractivity contribution >= 4 is 23.4 Å². The summed E-state index contributed by atoms with van der Waals surface area (Å²) >= 11 is 1.01. The SMILES string of the molecule is Cc1occc1-c1nnc(SCC(=O)Nc2cc(F)cc(F)c2)o1. The van der Waals surface area contributed by atoms with Crippen LogP contribution in [0.15, 0.2) is 44.6 Å². The first-order valence-corrected chi connectivity index (χ1v) is 7.76. The van der Waals surface area contributed by atoms with Crippen LogP contribution in [0.2, 0.25) is 0 Å². The van der Waals surface area contributed by atoms with Crippen molar-refractivity contribution in [1.29, 1.82) is 0 Å². The molecule has 0 saturated heterocycles. The van der Waals surface area contributed by atoms with Gasteiger partial charge in [0.1, 0.15) is 17.4 Å². The fraction of sp³-hybridized carbons (Fsp3) is 0.133. The Morgan fingerprint density at radius 3 is 2.67 bits per heavy atom. The maximum Gasteiger partial charge on any atom is 0.277 e. The van der Waals surface area contributed by atoms with E-state index in [1.54, 1.807) is 13.0 Å². The number of halogens is 2. The monoisotopic (exact) mass is 351 g/mol. The second-order valence-electron chi connectivity index (χ2n) is 4.76. The smallest absolute Gasteiger partial charge is 0.277 e. The predicted molar refractivity (Wildman–Crippen MR) is 82.4 cm³/mol. The molecule has 9 heteroatoms. The minimum absolute atomic E-state index is 0.0401. The summed E-state index contributed by atoms with van der Waals surface area (Å²) < 4.78 is 36.7. The molecule has 0 aliphatic carbocycles. The van der Waals surface area contributed by atoms with Gasteiger partial charge in [-0.15, -0.1) is 10.2 Å². The lowest BCUT2D eigenvalue weighted by atomic mass is 10.3. The summed E-state index contributed by atoms with van der Waals surface area (Å²) in [5.74, 6) is -1.11. The first-order chi connectivity index (χ1) is 11.5. The van der Waals surface area contributed by atoms with Crippen molar-refractivity contribution in [2.75, 3.05) is 11.1 Å². The van der Waals surface area contributed by atoms with Crippen molar-refractivity contribution in [1.82, 2.24) is 10.2 Å². The first-order valence-electron chi connectivity index (χ1n) is 6.78. The minimum atomic E-state index is -0.769. The Bertz CT molecular complexity index is 858. The first kappa shape index (κ1) is 16.2. The van der Waals surface area contributed by atoms with Crippen molar-refractivity contribution in [2.45, 2.75) is 12.1 Å². The molecule has 1 N–H and O–H groups in total. The number of amides is 1. The van der Waals surface area contributed by atoms with E-state index in [1.165, 1.54) is 6.26 Å². The third kappa shape index (κ3) is 3.80. The summed E-state index contributed by atoms with van der Waals surface area (Å²) in [5.41, 5.74) is 0.715. The number of aryl methyl sites for hydroxylation is 1. The highest BCUT2D eigenvalue weighted by Crippen LogP contribution is 2.26. The van der Waals surface area contributed by atoms with Crippen molar-refractivity contribution in [3.63, 3.8) is 0 Å². The van der Waals surface area contributed by atoms with Crippen molar-refractivity contribution in [3.8, 4) is 11.5 Å². The highest BCUT2D eigenvalue weighted by molar-refractivity contribution is 7.99. The van der Waals surface area contributed by atoms with Crippen LogP contribution in [0.5, 0.6) is 0 Å². The molecular weight excluding hydrogens is 340 g/mol. The highest BCUT2D eigenvalue weighted by Gasteiger charge is 2.14. The molecule has 0 fully saturated rings. The molecule has 0 unspecified atom stereocenters. The molecule has 3 rings (SSSR count). The van der Waals surface area contributed by atoms with Gasteiger partial charge in [-0.05, 0) is 25.1 Å². The molecule has 2 heterocycles. The Balaban J connectivity index is 1.59. The van der Waals surface area contributed by atoms with Crippen LogP contribution in [0.3, 0.4) is 0 Å². The molecule has 1 amide bonds. The number of hydrogen-bond acceptors (Lipinski definition) is 6. The summed E-state index contributed by atoms with van der Waals surface area (Å²) in [7, 11) is 0. The zero-order valence-corrected chi connectivity index (χ0v) is 13.2. The fourth-order valence-corrected chi connectivity index (χ4v) is 2.50. The number of thioether (sulfide) groups is 1. The van der Waals surface area contributed by atoms with Gasteiger partial charge in [-0.2, -0.15) is 0 Å². The number of carbonyl (C=O) groups excluding carboxylic acids is 1. The molecule has 3 aromatic rings. The summed E-state index contributed by atoms with van der Waals surface area (Å²) in [5, 5.41) is 10.3. The molecule has 0 atom stereocenters. The summed E-state index contributed by atoms with van der Waals surface area (Å²) in [6.45, 7) is 1.76. The largest absolute Gasteiger partial charge is 0.469 e. The van der Waals surface area contributed by atoms with Crippen LogP contribution in [0.25, 0.3) is 11.5 Å². The molecule has 0 spiro atoms.